The number of allylic oxidation sites excluding steroid dienone is 1. The van der Waals surface area contributed by atoms with E-state index in [1.54, 1.807) is 6.08 Å². The molecule has 0 N–H and O–H groups in total. The third-order valence-corrected chi connectivity index (χ3v) is 3.26. The summed E-state index contributed by atoms with van der Waals surface area (Å²) >= 11 is 5.86. The molecule has 0 amide bonds. The highest BCUT2D eigenvalue weighted by molar-refractivity contribution is 6.30. The molecule has 0 radical (unpaired) electrons. The highest BCUT2D eigenvalue weighted by atomic mass is 35.5. The van der Waals surface area contributed by atoms with Crippen molar-refractivity contribution in [1.82, 2.24) is 0 Å². The number of carbonyl (C=O) groups excluding carboxylic acids is 1. The molecule has 0 heterocycles. The lowest BCUT2D eigenvalue weighted by atomic mass is 9.81. The molecule has 17 heavy (non-hydrogen) atoms. The Labute approximate surface area is 108 Å². The lowest BCUT2D eigenvalue weighted by molar-refractivity contribution is -0.123. The Morgan fingerprint density at radius 2 is 1.76 bits per heavy atom. The Hall–Kier alpha value is -1.08. The van der Waals surface area contributed by atoms with Gasteiger partial charge in [-0.1, -0.05) is 50.6 Å². The van der Waals surface area contributed by atoms with Crippen LogP contribution in [-0.2, 0) is 4.79 Å². The van der Waals surface area contributed by atoms with Crippen LogP contribution in [0.2, 0.25) is 5.02 Å². The van der Waals surface area contributed by atoms with Gasteiger partial charge in [-0.2, -0.15) is 0 Å². The van der Waals surface area contributed by atoms with Crippen LogP contribution in [0.4, 0.5) is 0 Å². The summed E-state index contributed by atoms with van der Waals surface area (Å²) in [5.41, 5.74) is 1.03. The van der Waals surface area contributed by atoms with Crippen molar-refractivity contribution in [3.05, 3.63) is 47.5 Å². The summed E-state index contributed by atoms with van der Waals surface area (Å²) in [7, 11) is 0. The summed E-state index contributed by atoms with van der Waals surface area (Å²) in [4.78, 5) is 12.3. The van der Waals surface area contributed by atoms with Crippen LogP contribution in [0.15, 0.2) is 36.9 Å². The fourth-order valence-corrected chi connectivity index (χ4v) is 2.07. The number of ketones is 1. The maximum Gasteiger partial charge on any atom is 0.147 e. The van der Waals surface area contributed by atoms with Gasteiger partial charge in [0.1, 0.15) is 5.78 Å². The molecule has 2 unspecified atom stereocenters. The van der Waals surface area contributed by atoms with Crippen molar-refractivity contribution in [1.29, 1.82) is 0 Å². The first kappa shape index (κ1) is 14.0. The Balaban J connectivity index is 3.05. The molecule has 0 fully saturated rings. The number of hydrogen-bond acceptors (Lipinski definition) is 1. The van der Waals surface area contributed by atoms with Crippen molar-refractivity contribution in [2.75, 3.05) is 0 Å². The second-order valence-corrected chi connectivity index (χ2v) is 5.14. The molecule has 2 atom stereocenters. The predicted molar refractivity (Wildman–Crippen MR) is 73.4 cm³/mol. The van der Waals surface area contributed by atoms with E-state index >= 15 is 0 Å². The summed E-state index contributed by atoms with van der Waals surface area (Å²) in [5, 5.41) is 0.695. The molecule has 0 saturated heterocycles. The standard InChI is InChI=1S/C15H19ClO/c1-5-11(4)15(17)14(10(2)3)12-6-8-13(16)9-7-12/h5-11,14H,1H2,2-4H3. The largest absolute Gasteiger partial charge is 0.298 e. The summed E-state index contributed by atoms with van der Waals surface area (Å²) in [6.45, 7) is 9.70. The third kappa shape index (κ3) is 3.44. The van der Waals surface area contributed by atoms with Crippen molar-refractivity contribution in [2.24, 2.45) is 11.8 Å². The van der Waals surface area contributed by atoms with Crippen LogP contribution < -0.4 is 0 Å². The van der Waals surface area contributed by atoms with Gasteiger partial charge in [-0.05, 0) is 23.6 Å². The fourth-order valence-electron chi connectivity index (χ4n) is 1.95. The SMILES string of the molecule is C=CC(C)C(=O)C(c1ccc(Cl)cc1)C(C)C. The van der Waals surface area contributed by atoms with Gasteiger partial charge in [-0.25, -0.2) is 0 Å². The monoisotopic (exact) mass is 250 g/mol. The van der Waals surface area contributed by atoms with Crippen LogP contribution in [-0.4, -0.2) is 5.78 Å². The summed E-state index contributed by atoms with van der Waals surface area (Å²) < 4.78 is 0. The zero-order valence-corrected chi connectivity index (χ0v) is 11.4. The van der Waals surface area contributed by atoms with Crippen molar-refractivity contribution >= 4 is 17.4 Å². The highest BCUT2D eigenvalue weighted by Gasteiger charge is 2.26. The Bertz CT molecular complexity index is 392. The van der Waals surface area contributed by atoms with Gasteiger partial charge in [0.05, 0.1) is 0 Å². The van der Waals surface area contributed by atoms with Gasteiger partial charge in [0.15, 0.2) is 0 Å². The summed E-state index contributed by atoms with van der Waals surface area (Å²) in [6.07, 6.45) is 1.70. The smallest absolute Gasteiger partial charge is 0.147 e. The molecule has 0 saturated carbocycles. The molecule has 0 spiro atoms. The number of benzene rings is 1. The Morgan fingerprint density at radius 3 is 2.18 bits per heavy atom. The van der Waals surface area contributed by atoms with E-state index in [1.807, 2.05) is 31.2 Å². The van der Waals surface area contributed by atoms with E-state index in [2.05, 4.69) is 20.4 Å². The molecule has 92 valence electrons. The molecule has 0 aliphatic carbocycles. The van der Waals surface area contributed by atoms with Gasteiger partial charge in [-0.3, -0.25) is 4.79 Å². The topological polar surface area (TPSA) is 17.1 Å². The van der Waals surface area contributed by atoms with E-state index in [-0.39, 0.29) is 23.5 Å². The van der Waals surface area contributed by atoms with Crippen LogP contribution in [0.1, 0.15) is 32.3 Å². The van der Waals surface area contributed by atoms with E-state index in [0.717, 1.165) is 5.56 Å². The van der Waals surface area contributed by atoms with Gasteiger partial charge < -0.3 is 0 Å². The van der Waals surface area contributed by atoms with Gasteiger partial charge in [0.25, 0.3) is 0 Å². The first-order chi connectivity index (χ1) is 7.97. The molecule has 0 bridgehead atoms. The normalized spacial score (nSPS) is 14.4. The average Bonchev–Trinajstić information content (AvgIpc) is 2.30. The summed E-state index contributed by atoms with van der Waals surface area (Å²) in [5.74, 6) is 0.293. The molecule has 1 aromatic carbocycles. The highest BCUT2D eigenvalue weighted by Crippen LogP contribution is 2.29. The molecule has 0 aliphatic rings. The van der Waals surface area contributed by atoms with E-state index in [9.17, 15) is 4.79 Å². The number of rotatable bonds is 5. The molecule has 2 heteroatoms. The lowest BCUT2D eigenvalue weighted by Gasteiger charge is -2.22. The second-order valence-electron chi connectivity index (χ2n) is 4.70. The quantitative estimate of drug-likeness (QED) is 0.705. The van der Waals surface area contributed by atoms with Crippen LogP contribution in [0.5, 0.6) is 0 Å². The number of hydrogen-bond donors (Lipinski definition) is 0. The van der Waals surface area contributed by atoms with Gasteiger partial charge in [-0.15, -0.1) is 6.58 Å². The first-order valence-electron chi connectivity index (χ1n) is 5.89. The molecule has 1 aromatic rings. The maximum atomic E-state index is 12.3. The minimum Gasteiger partial charge on any atom is -0.298 e. The van der Waals surface area contributed by atoms with Crippen LogP contribution in [0, 0.1) is 11.8 Å². The number of carbonyl (C=O) groups is 1. The second kappa shape index (κ2) is 6.02. The third-order valence-electron chi connectivity index (χ3n) is 3.00. The number of Topliss-reactive ketones (excluding diaryl/α,β-unsaturated/α-hetero) is 1. The van der Waals surface area contributed by atoms with Crippen LogP contribution in [0.25, 0.3) is 0 Å². The average molecular weight is 251 g/mol. The molecule has 0 aromatic heterocycles. The van der Waals surface area contributed by atoms with Crippen molar-refractivity contribution in [3.63, 3.8) is 0 Å². The molecule has 1 rings (SSSR count). The molecule has 0 aliphatic heterocycles. The van der Waals surface area contributed by atoms with Crippen LogP contribution >= 0.6 is 11.6 Å². The lowest BCUT2D eigenvalue weighted by Crippen LogP contribution is -2.23. The maximum absolute atomic E-state index is 12.3. The van der Waals surface area contributed by atoms with E-state index in [1.165, 1.54) is 0 Å². The van der Waals surface area contributed by atoms with Gasteiger partial charge in [0.2, 0.25) is 0 Å². The van der Waals surface area contributed by atoms with Crippen molar-refractivity contribution in [2.45, 2.75) is 26.7 Å². The van der Waals surface area contributed by atoms with E-state index in [4.69, 9.17) is 11.6 Å². The zero-order valence-electron chi connectivity index (χ0n) is 10.6. The van der Waals surface area contributed by atoms with Crippen molar-refractivity contribution in [3.8, 4) is 0 Å². The minimum absolute atomic E-state index is 0.0831. The van der Waals surface area contributed by atoms with Gasteiger partial charge in [0, 0.05) is 16.9 Å². The van der Waals surface area contributed by atoms with Crippen molar-refractivity contribution < 1.29 is 4.79 Å². The minimum atomic E-state index is -0.113. The van der Waals surface area contributed by atoms with Crippen LogP contribution in [0.3, 0.4) is 0 Å². The van der Waals surface area contributed by atoms with E-state index < -0.39 is 0 Å². The predicted octanol–water partition coefficient (Wildman–Crippen LogP) is 4.47. The van der Waals surface area contributed by atoms with Gasteiger partial charge >= 0.3 is 0 Å². The zero-order chi connectivity index (χ0) is 13.0. The summed E-state index contributed by atoms with van der Waals surface area (Å²) in [6, 6.07) is 7.53. The van der Waals surface area contributed by atoms with E-state index in [0.29, 0.717) is 5.02 Å². The Morgan fingerprint density at radius 1 is 1.24 bits per heavy atom. The fraction of sp³-hybridized carbons (Fsp3) is 0.400. The molecular formula is C15H19ClO. The first-order valence-corrected chi connectivity index (χ1v) is 6.27. The number of halogens is 1. The molecular weight excluding hydrogens is 232 g/mol. The molecule has 1 nitrogen and oxygen atoms in total. The Kier molecular flexibility index (Phi) is 4.95.